The van der Waals surface area contributed by atoms with Crippen LogP contribution >= 0.6 is 12.4 Å². The van der Waals surface area contributed by atoms with Crippen molar-refractivity contribution in [1.29, 1.82) is 0 Å². The molecule has 0 aromatic heterocycles. The van der Waals surface area contributed by atoms with E-state index in [0.717, 1.165) is 25.7 Å². The zero-order valence-corrected chi connectivity index (χ0v) is 15.9. The zero-order valence-electron chi connectivity index (χ0n) is 15.1. The van der Waals surface area contributed by atoms with Crippen LogP contribution in [0.3, 0.4) is 0 Å². The molecule has 2 aliphatic rings. The first-order valence-corrected chi connectivity index (χ1v) is 9.33. The minimum Gasteiger partial charge on any atom is -0.364 e. The van der Waals surface area contributed by atoms with E-state index in [1.807, 2.05) is 0 Å². The summed E-state index contributed by atoms with van der Waals surface area (Å²) in [5.41, 5.74) is 8.37. The van der Waals surface area contributed by atoms with Gasteiger partial charge in [-0.05, 0) is 38.2 Å². The van der Waals surface area contributed by atoms with Crippen molar-refractivity contribution in [2.75, 3.05) is 13.1 Å². The summed E-state index contributed by atoms with van der Waals surface area (Å²) in [6.07, 6.45) is 7.45. The molecule has 2 fully saturated rings. The Labute approximate surface area is 157 Å². The van der Waals surface area contributed by atoms with Gasteiger partial charge in [-0.2, -0.15) is 0 Å². The van der Waals surface area contributed by atoms with E-state index in [1.54, 1.807) is 0 Å². The highest BCUT2D eigenvalue weighted by molar-refractivity contribution is 5.85. The molecule has 140 valence electrons. The van der Waals surface area contributed by atoms with E-state index in [9.17, 15) is 4.79 Å². The van der Waals surface area contributed by atoms with Crippen molar-refractivity contribution < 1.29 is 9.53 Å². The Kier molecular flexibility index (Phi) is 7.29. The molecule has 1 heterocycles. The number of amides is 1. The van der Waals surface area contributed by atoms with E-state index in [4.69, 9.17) is 10.5 Å². The Morgan fingerprint density at radius 2 is 2.04 bits per heavy atom. The summed E-state index contributed by atoms with van der Waals surface area (Å²) in [7, 11) is 0. The first kappa shape index (κ1) is 20.2. The van der Waals surface area contributed by atoms with Gasteiger partial charge in [-0.25, -0.2) is 0 Å². The first-order valence-electron chi connectivity index (χ1n) is 9.33. The molecule has 4 nitrogen and oxygen atoms in total. The second-order valence-corrected chi connectivity index (χ2v) is 7.49. The Morgan fingerprint density at radius 3 is 2.68 bits per heavy atom. The number of carbonyl (C=O) groups excluding carboxylic acids is 1. The van der Waals surface area contributed by atoms with Crippen molar-refractivity contribution in [2.24, 2.45) is 5.73 Å². The van der Waals surface area contributed by atoms with Crippen LogP contribution in [0.4, 0.5) is 0 Å². The van der Waals surface area contributed by atoms with E-state index < -0.39 is 0 Å². The van der Waals surface area contributed by atoms with Gasteiger partial charge < -0.3 is 15.8 Å². The van der Waals surface area contributed by atoms with E-state index >= 15 is 0 Å². The summed E-state index contributed by atoms with van der Waals surface area (Å²) in [6.45, 7) is 3.34. The van der Waals surface area contributed by atoms with Crippen molar-refractivity contribution in [3.63, 3.8) is 0 Å². The van der Waals surface area contributed by atoms with E-state index in [-0.39, 0.29) is 35.9 Å². The standard InChI is InChI=1S/C20H30N2O2.ClH/c1-15-6-5-7-16(12-15)20(10-3-2-4-11-20)14-22-19(23)18-9-8-17(13-21)24-18;/h5-7,12,17-18H,2-4,8-11,13-14,21H2,1H3,(H,22,23);1H/t17-,18+;/m1./s1. The molecule has 0 unspecified atom stereocenters. The number of rotatable bonds is 5. The normalized spacial score (nSPS) is 25.2. The van der Waals surface area contributed by atoms with Gasteiger partial charge in [0.25, 0.3) is 0 Å². The second-order valence-electron chi connectivity index (χ2n) is 7.49. The first-order chi connectivity index (χ1) is 11.6. The maximum Gasteiger partial charge on any atom is 0.249 e. The zero-order chi connectivity index (χ0) is 17.0. The van der Waals surface area contributed by atoms with Gasteiger partial charge in [0, 0.05) is 18.5 Å². The Hall–Kier alpha value is -1.10. The van der Waals surface area contributed by atoms with Crippen molar-refractivity contribution in [3.8, 4) is 0 Å². The molecule has 1 aromatic carbocycles. The Morgan fingerprint density at radius 1 is 1.28 bits per heavy atom. The Balaban J connectivity index is 0.00000225. The molecule has 1 aromatic rings. The maximum atomic E-state index is 12.5. The fourth-order valence-corrected chi connectivity index (χ4v) is 4.21. The molecular weight excluding hydrogens is 336 g/mol. The second kappa shape index (κ2) is 9.02. The topological polar surface area (TPSA) is 64.4 Å². The van der Waals surface area contributed by atoms with Crippen molar-refractivity contribution in [1.82, 2.24) is 5.32 Å². The van der Waals surface area contributed by atoms with Gasteiger partial charge in [-0.3, -0.25) is 4.79 Å². The van der Waals surface area contributed by atoms with Crippen molar-refractivity contribution in [3.05, 3.63) is 35.4 Å². The molecule has 3 rings (SSSR count). The molecule has 1 amide bonds. The SMILES string of the molecule is Cc1cccc(C2(CNC(=O)[C@@H]3CC[C@H](CN)O3)CCCCC2)c1.Cl. The lowest BCUT2D eigenvalue weighted by Gasteiger charge is -2.38. The highest BCUT2D eigenvalue weighted by atomic mass is 35.5. The number of benzene rings is 1. The molecule has 0 radical (unpaired) electrons. The smallest absolute Gasteiger partial charge is 0.249 e. The third-order valence-corrected chi connectivity index (χ3v) is 5.70. The van der Waals surface area contributed by atoms with Gasteiger partial charge in [-0.15, -0.1) is 12.4 Å². The minimum atomic E-state index is -0.322. The van der Waals surface area contributed by atoms with Gasteiger partial charge in [0.1, 0.15) is 6.10 Å². The largest absolute Gasteiger partial charge is 0.364 e. The third kappa shape index (κ3) is 4.75. The molecule has 5 heteroatoms. The average molecular weight is 367 g/mol. The summed E-state index contributed by atoms with van der Waals surface area (Å²) >= 11 is 0. The lowest BCUT2D eigenvalue weighted by atomic mass is 9.69. The molecule has 0 spiro atoms. The van der Waals surface area contributed by atoms with Gasteiger partial charge >= 0.3 is 0 Å². The summed E-state index contributed by atoms with van der Waals surface area (Å²) in [5.74, 6) is 0.0311. The van der Waals surface area contributed by atoms with Crippen molar-refractivity contribution in [2.45, 2.75) is 69.5 Å². The van der Waals surface area contributed by atoms with Crippen LogP contribution in [0.5, 0.6) is 0 Å². The Bertz CT molecular complexity index is 573. The van der Waals surface area contributed by atoms with Crippen LogP contribution in [0.2, 0.25) is 0 Å². The van der Waals surface area contributed by atoms with Gasteiger partial charge in [-0.1, -0.05) is 49.1 Å². The predicted molar refractivity (Wildman–Crippen MR) is 103 cm³/mol. The number of halogens is 1. The van der Waals surface area contributed by atoms with Crippen LogP contribution in [0.15, 0.2) is 24.3 Å². The molecule has 1 aliphatic carbocycles. The highest BCUT2D eigenvalue weighted by Crippen LogP contribution is 2.39. The number of ether oxygens (including phenoxy) is 1. The summed E-state index contributed by atoms with van der Waals surface area (Å²) < 4.78 is 5.73. The number of carbonyl (C=O) groups is 1. The van der Waals surface area contributed by atoms with Crippen molar-refractivity contribution >= 4 is 18.3 Å². The quantitative estimate of drug-likeness (QED) is 0.840. The lowest BCUT2D eigenvalue weighted by Crippen LogP contribution is -2.45. The van der Waals surface area contributed by atoms with Crippen LogP contribution in [0, 0.1) is 6.92 Å². The third-order valence-electron chi connectivity index (χ3n) is 5.70. The number of hydrogen-bond donors (Lipinski definition) is 2. The van der Waals surface area contributed by atoms with E-state index in [1.165, 1.54) is 30.4 Å². The molecule has 3 N–H and O–H groups in total. The predicted octanol–water partition coefficient (Wildman–Crippen LogP) is 3.24. The van der Waals surface area contributed by atoms with E-state index in [0.29, 0.717) is 13.1 Å². The molecule has 0 bridgehead atoms. The summed E-state index contributed by atoms with van der Waals surface area (Å²) in [5, 5.41) is 3.19. The monoisotopic (exact) mass is 366 g/mol. The maximum absolute atomic E-state index is 12.5. The van der Waals surface area contributed by atoms with Gasteiger partial charge in [0.15, 0.2) is 0 Å². The molecule has 25 heavy (non-hydrogen) atoms. The molecule has 2 atom stereocenters. The van der Waals surface area contributed by atoms with Crippen LogP contribution in [0.25, 0.3) is 0 Å². The molecule has 1 aliphatic heterocycles. The summed E-state index contributed by atoms with van der Waals surface area (Å²) in [6, 6.07) is 8.78. The van der Waals surface area contributed by atoms with Crippen LogP contribution < -0.4 is 11.1 Å². The molecule has 1 saturated heterocycles. The summed E-state index contributed by atoms with van der Waals surface area (Å²) in [4.78, 5) is 12.5. The minimum absolute atomic E-state index is 0. The van der Waals surface area contributed by atoms with Crippen LogP contribution in [-0.2, 0) is 14.9 Å². The number of hydrogen-bond acceptors (Lipinski definition) is 3. The highest BCUT2D eigenvalue weighted by Gasteiger charge is 2.36. The molecule has 1 saturated carbocycles. The average Bonchev–Trinajstić information content (AvgIpc) is 3.10. The number of aryl methyl sites for hydroxylation is 1. The molecular formula is C20H31ClN2O2. The van der Waals surface area contributed by atoms with E-state index in [2.05, 4.69) is 36.5 Å². The fourth-order valence-electron chi connectivity index (χ4n) is 4.21. The van der Waals surface area contributed by atoms with Crippen LogP contribution in [-0.4, -0.2) is 31.2 Å². The van der Waals surface area contributed by atoms with Crippen LogP contribution in [0.1, 0.15) is 56.1 Å². The lowest BCUT2D eigenvalue weighted by molar-refractivity contribution is -0.132. The number of nitrogens with one attached hydrogen (secondary N) is 1. The fraction of sp³-hybridized carbons (Fsp3) is 0.650. The van der Waals surface area contributed by atoms with Gasteiger partial charge in [0.2, 0.25) is 5.91 Å². The van der Waals surface area contributed by atoms with Gasteiger partial charge in [0.05, 0.1) is 6.10 Å². The number of nitrogens with two attached hydrogens (primary N) is 1.